The molecule has 0 fully saturated rings. The maximum atomic E-state index is 10.4. The molecule has 4 heteroatoms. The van der Waals surface area contributed by atoms with Gasteiger partial charge in [0, 0.05) is 21.9 Å². The van der Waals surface area contributed by atoms with Gasteiger partial charge >= 0.3 is 5.97 Å². The van der Waals surface area contributed by atoms with Crippen LogP contribution < -0.4 is 5.73 Å². The number of hydrogen-bond donors (Lipinski definition) is 2. The van der Waals surface area contributed by atoms with Crippen LogP contribution in [0.25, 0.3) is 0 Å². The first kappa shape index (κ1) is 9.06. The number of rotatable bonds is 3. The summed E-state index contributed by atoms with van der Waals surface area (Å²) in [4.78, 5) is 11.4. The van der Waals surface area contributed by atoms with E-state index in [0.29, 0.717) is 5.69 Å². The molecule has 0 aliphatic rings. The zero-order valence-electron chi connectivity index (χ0n) is 6.78. The van der Waals surface area contributed by atoms with Gasteiger partial charge < -0.3 is 10.8 Å². The molecule has 0 saturated heterocycles. The summed E-state index contributed by atoms with van der Waals surface area (Å²) in [6.07, 6.45) is 0.167. The lowest BCUT2D eigenvalue weighted by Gasteiger charge is -2.03. The highest BCUT2D eigenvalue weighted by molar-refractivity contribution is 7.10. The number of aliphatic carboxylic acids is 1. The van der Waals surface area contributed by atoms with E-state index in [1.807, 2.05) is 18.4 Å². The average Bonchev–Trinajstić information content (AvgIpc) is 2.34. The van der Waals surface area contributed by atoms with Crippen molar-refractivity contribution in [1.82, 2.24) is 0 Å². The lowest BCUT2D eigenvalue weighted by Crippen LogP contribution is -2.00. The molecule has 3 nitrogen and oxygen atoms in total. The normalized spacial score (nSPS) is 12.8. The minimum absolute atomic E-state index is 0.0600. The van der Waals surface area contributed by atoms with Crippen molar-refractivity contribution in [3.63, 3.8) is 0 Å². The van der Waals surface area contributed by atoms with Crippen LogP contribution in [0.4, 0.5) is 5.69 Å². The van der Waals surface area contributed by atoms with Crippen LogP contribution in [-0.2, 0) is 4.79 Å². The Bertz CT molecular complexity index is 282. The SMILES string of the molecule is CC(CC(=O)O)c1cc(N)cs1. The van der Waals surface area contributed by atoms with E-state index < -0.39 is 5.97 Å². The van der Waals surface area contributed by atoms with Crippen molar-refractivity contribution < 1.29 is 9.90 Å². The molecule has 1 heterocycles. The van der Waals surface area contributed by atoms with E-state index in [2.05, 4.69) is 0 Å². The fourth-order valence-corrected chi connectivity index (χ4v) is 1.85. The van der Waals surface area contributed by atoms with Crippen molar-refractivity contribution in [3.05, 3.63) is 16.3 Å². The summed E-state index contributed by atoms with van der Waals surface area (Å²) < 4.78 is 0. The highest BCUT2D eigenvalue weighted by Gasteiger charge is 2.11. The van der Waals surface area contributed by atoms with Gasteiger partial charge in [-0.15, -0.1) is 11.3 Å². The Labute approximate surface area is 74.8 Å². The van der Waals surface area contributed by atoms with Crippen LogP contribution in [0.15, 0.2) is 11.4 Å². The number of hydrogen-bond acceptors (Lipinski definition) is 3. The zero-order valence-corrected chi connectivity index (χ0v) is 7.60. The van der Waals surface area contributed by atoms with Gasteiger partial charge in [-0.1, -0.05) is 6.92 Å². The number of nitrogens with two attached hydrogens (primary N) is 1. The lowest BCUT2D eigenvalue weighted by atomic mass is 10.1. The first-order chi connectivity index (χ1) is 5.59. The third kappa shape index (κ3) is 2.23. The maximum absolute atomic E-state index is 10.4. The van der Waals surface area contributed by atoms with Gasteiger partial charge in [-0.05, 0) is 6.07 Å². The van der Waals surface area contributed by atoms with E-state index in [4.69, 9.17) is 10.8 Å². The molecule has 0 aliphatic heterocycles. The molecule has 0 aromatic carbocycles. The molecule has 0 saturated carbocycles. The van der Waals surface area contributed by atoms with Crippen LogP contribution >= 0.6 is 11.3 Å². The standard InChI is InChI=1S/C8H11NO2S/c1-5(2-8(10)11)7-3-6(9)4-12-7/h3-5H,2,9H2,1H3,(H,10,11). The second-order valence-corrected chi connectivity index (χ2v) is 3.72. The number of carbonyl (C=O) groups is 1. The molecule has 12 heavy (non-hydrogen) atoms. The van der Waals surface area contributed by atoms with Crippen LogP contribution in [0.3, 0.4) is 0 Å². The van der Waals surface area contributed by atoms with Crippen LogP contribution in [0.2, 0.25) is 0 Å². The maximum Gasteiger partial charge on any atom is 0.303 e. The van der Waals surface area contributed by atoms with Crippen molar-refractivity contribution in [3.8, 4) is 0 Å². The van der Waals surface area contributed by atoms with E-state index in [9.17, 15) is 4.79 Å². The van der Waals surface area contributed by atoms with Gasteiger partial charge in [-0.2, -0.15) is 0 Å². The summed E-state index contributed by atoms with van der Waals surface area (Å²) in [5.41, 5.74) is 6.23. The zero-order chi connectivity index (χ0) is 9.14. The minimum Gasteiger partial charge on any atom is -0.481 e. The van der Waals surface area contributed by atoms with Gasteiger partial charge in [0.1, 0.15) is 0 Å². The number of nitrogen functional groups attached to an aromatic ring is 1. The molecular formula is C8H11NO2S. The third-order valence-electron chi connectivity index (χ3n) is 1.61. The van der Waals surface area contributed by atoms with Crippen molar-refractivity contribution in [1.29, 1.82) is 0 Å². The number of carboxylic acids is 1. The monoisotopic (exact) mass is 185 g/mol. The Hall–Kier alpha value is -1.03. The van der Waals surface area contributed by atoms with Crippen LogP contribution in [0, 0.1) is 0 Å². The second-order valence-electron chi connectivity index (χ2n) is 2.78. The topological polar surface area (TPSA) is 63.3 Å². The quantitative estimate of drug-likeness (QED) is 0.756. The summed E-state index contributed by atoms with van der Waals surface area (Å²) in [6.45, 7) is 1.89. The number of carboxylic acid groups (broad SMARTS) is 1. The second kappa shape index (κ2) is 3.58. The summed E-state index contributed by atoms with van der Waals surface area (Å²) in [7, 11) is 0. The predicted octanol–water partition coefficient (Wildman–Crippen LogP) is 1.91. The molecule has 0 aliphatic carbocycles. The summed E-state index contributed by atoms with van der Waals surface area (Å²) in [6, 6.07) is 1.83. The van der Waals surface area contributed by atoms with Crippen LogP contribution in [0.5, 0.6) is 0 Å². The molecule has 3 N–H and O–H groups in total. The fourth-order valence-electron chi connectivity index (χ4n) is 0.989. The van der Waals surface area contributed by atoms with E-state index in [1.54, 1.807) is 0 Å². The lowest BCUT2D eigenvalue weighted by molar-refractivity contribution is -0.137. The molecule has 1 atom stereocenters. The van der Waals surface area contributed by atoms with E-state index in [-0.39, 0.29) is 12.3 Å². The van der Waals surface area contributed by atoms with Crippen LogP contribution in [0.1, 0.15) is 24.1 Å². The van der Waals surface area contributed by atoms with Crippen molar-refractivity contribution in [2.75, 3.05) is 5.73 Å². The fraction of sp³-hybridized carbons (Fsp3) is 0.375. The molecule has 1 aromatic heterocycles. The predicted molar refractivity (Wildman–Crippen MR) is 49.4 cm³/mol. The minimum atomic E-state index is -0.769. The molecule has 0 amide bonds. The molecule has 66 valence electrons. The molecule has 0 radical (unpaired) electrons. The summed E-state index contributed by atoms with van der Waals surface area (Å²) in [5, 5.41) is 10.4. The highest BCUT2D eigenvalue weighted by atomic mass is 32.1. The van der Waals surface area contributed by atoms with Gasteiger partial charge in [0.2, 0.25) is 0 Å². The third-order valence-corrected chi connectivity index (χ3v) is 2.79. The molecule has 0 bridgehead atoms. The highest BCUT2D eigenvalue weighted by Crippen LogP contribution is 2.26. The number of thiophene rings is 1. The van der Waals surface area contributed by atoms with E-state index >= 15 is 0 Å². The van der Waals surface area contributed by atoms with Gasteiger partial charge in [0.15, 0.2) is 0 Å². The van der Waals surface area contributed by atoms with Gasteiger partial charge in [0.25, 0.3) is 0 Å². The van der Waals surface area contributed by atoms with Crippen molar-refractivity contribution >= 4 is 23.0 Å². The largest absolute Gasteiger partial charge is 0.481 e. The summed E-state index contributed by atoms with van der Waals surface area (Å²) >= 11 is 1.51. The van der Waals surface area contributed by atoms with E-state index in [1.165, 1.54) is 11.3 Å². The van der Waals surface area contributed by atoms with Gasteiger partial charge in [-0.3, -0.25) is 4.79 Å². The molecule has 1 unspecified atom stereocenters. The molecule has 1 aromatic rings. The van der Waals surface area contributed by atoms with Crippen LogP contribution in [-0.4, -0.2) is 11.1 Å². The van der Waals surface area contributed by atoms with Gasteiger partial charge in [0.05, 0.1) is 6.42 Å². The Kier molecular flexibility index (Phi) is 2.70. The molecule has 0 spiro atoms. The Morgan fingerprint density at radius 3 is 2.92 bits per heavy atom. The first-order valence-corrected chi connectivity index (χ1v) is 4.53. The summed E-state index contributed by atoms with van der Waals surface area (Å²) in [5.74, 6) is -0.709. The Morgan fingerprint density at radius 2 is 2.50 bits per heavy atom. The smallest absolute Gasteiger partial charge is 0.303 e. The Balaban J connectivity index is 2.64. The number of anilines is 1. The van der Waals surface area contributed by atoms with Crippen molar-refractivity contribution in [2.45, 2.75) is 19.3 Å². The van der Waals surface area contributed by atoms with Crippen molar-refractivity contribution in [2.24, 2.45) is 0 Å². The Morgan fingerprint density at radius 1 is 1.83 bits per heavy atom. The molecule has 1 rings (SSSR count). The average molecular weight is 185 g/mol. The van der Waals surface area contributed by atoms with Gasteiger partial charge in [-0.25, -0.2) is 0 Å². The molecular weight excluding hydrogens is 174 g/mol. The van der Waals surface area contributed by atoms with E-state index in [0.717, 1.165) is 4.88 Å². The first-order valence-electron chi connectivity index (χ1n) is 3.65.